The van der Waals surface area contributed by atoms with E-state index in [-0.39, 0.29) is 17.0 Å². The summed E-state index contributed by atoms with van der Waals surface area (Å²) in [7, 11) is 0. The summed E-state index contributed by atoms with van der Waals surface area (Å²) in [5.41, 5.74) is 3.40. The third-order valence-electron chi connectivity index (χ3n) is 7.02. The van der Waals surface area contributed by atoms with Gasteiger partial charge in [0, 0.05) is 38.3 Å². The van der Waals surface area contributed by atoms with Gasteiger partial charge < -0.3 is 9.80 Å². The minimum absolute atomic E-state index is 0.130. The third kappa shape index (κ3) is 5.52. The van der Waals surface area contributed by atoms with E-state index >= 15 is 0 Å². The lowest BCUT2D eigenvalue weighted by Crippen LogP contribution is -2.48. The number of carbonyl (C=O) groups is 1. The summed E-state index contributed by atoms with van der Waals surface area (Å²) in [5.74, 6) is 0.645. The maximum absolute atomic E-state index is 13.5. The van der Waals surface area contributed by atoms with Gasteiger partial charge in [-0.15, -0.1) is 0 Å². The lowest BCUT2D eigenvalue weighted by molar-refractivity contribution is -0.122. The molecule has 2 aliphatic rings. The average Bonchev–Trinajstić information content (AvgIpc) is 3.16. The van der Waals surface area contributed by atoms with E-state index in [9.17, 15) is 14.9 Å². The van der Waals surface area contributed by atoms with Crippen LogP contribution < -0.4 is 10.5 Å². The van der Waals surface area contributed by atoms with Crippen molar-refractivity contribution in [2.24, 2.45) is 0 Å². The van der Waals surface area contributed by atoms with E-state index in [1.807, 2.05) is 44.2 Å². The molecule has 9 heteroatoms. The Morgan fingerprint density at radius 1 is 1.08 bits per heavy atom. The first kappa shape index (κ1) is 27.1. The molecule has 2 aliphatic heterocycles. The Balaban J connectivity index is 1.79. The summed E-state index contributed by atoms with van der Waals surface area (Å²) in [6, 6.07) is 10.2. The van der Waals surface area contributed by atoms with E-state index in [0.29, 0.717) is 27.9 Å². The number of thiocarbonyl (C=S) groups is 1. The van der Waals surface area contributed by atoms with Crippen LogP contribution in [0.2, 0.25) is 0 Å². The predicted octanol–water partition coefficient (Wildman–Crippen LogP) is 4.29. The molecule has 0 radical (unpaired) electrons. The number of carbonyl (C=O) groups excluding carboxylic acids is 1. The van der Waals surface area contributed by atoms with Gasteiger partial charge in [-0.3, -0.25) is 19.1 Å². The molecule has 1 amide bonds. The smallest absolute Gasteiger partial charge is 0.270 e. The van der Waals surface area contributed by atoms with E-state index in [1.165, 1.54) is 11.8 Å². The van der Waals surface area contributed by atoms with E-state index in [4.69, 9.17) is 12.2 Å². The van der Waals surface area contributed by atoms with Crippen LogP contribution in [0, 0.1) is 25.2 Å². The molecule has 194 valence electrons. The Morgan fingerprint density at radius 2 is 1.76 bits per heavy atom. The number of benzene rings is 1. The molecule has 3 heterocycles. The number of thioether (sulfide) groups is 1. The summed E-state index contributed by atoms with van der Waals surface area (Å²) >= 11 is 6.87. The molecule has 37 heavy (non-hydrogen) atoms. The Hall–Kier alpha value is -2.93. The van der Waals surface area contributed by atoms with Crippen LogP contribution in [-0.4, -0.2) is 57.3 Å². The van der Waals surface area contributed by atoms with Gasteiger partial charge in [-0.05, 0) is 44.0 Å². The summed E-state index contributed by atoms with van der Waals surface area (Å²) in [6.07, 6.45) is 2.60. The van der Waals surface area contributed by atoms with Gasteiger partial charge in [0.25, 0.3) is 11.5 Å². The SMILES string of the molecule is CCCn1c(N2CCN(CC)CC2)c(/C=C2/SC(=S)N(Cc3ccc(C)cc3)C2=O)c(C)c(C#N)c1=O. The number of likely N-dealkylation sites (N-methyl/N-ethyl adjacent to an activating group) is 1. The molecule has 1 aromatic carbocycles. The number of aryl methyl sites for hydroxylation is 1. The van der Waals surface area contributed by atoms with Crippen LogP contribution in [-0.2, 0) is 17.9 Å². The first-order valence-electron chi connectivity index (χ1n) is 12.7. The Bertz CT molecular complexity index is 1330. The van der Waals surface area contributed by atoms with E-state index in [1.54, 1.807) is 16.4 Å². The molecular formula is C28H33N5O2S2. The highest BCUT2D eigenvalue weighted by Crippen LogP contribution is 2.37. The fourth-order valence-electron chi connectivity index (χ4n) is 4.84. The number of amides is 1. The molecule has 4 rings (SSSR count). The number of aromatic nitrogens is 1. The van der Waals surface area contributed by atoms with Crippen molar-refractivity contribution < 1.29 is 4.79 Å². The van der Waals surface area contributed by atoms with Crippen LogP contribution in [0.25, 0.3) is 6.08 Å². The van der Waals surface area contributed by atoms with Crippen molar-refractivity contribution in [3.8, 4) is 6.07 Å². The van der Waals surface area contributed by atoms with Crippen LogP contribution in [0.3, 0.4) is 0 Å². The topological polar surface area (TPSA) is 72.6 Å². The van der Waals surface area contributed by atoms with Crippen LogP contribution in [0.1, 0.15) is 48.1 Å². The van der Waals surface area contributed by atoms with Gasteiger partial charge in [0.15, 0.2) is 0 Å². The molecule has 1 aromatic heterocycles. The van der Waals surface area contributed by atoms with Crippen LogP contribution >= 0.6 is 24.0 Å². The van der Waals surface area contributed by atoms with Crippen molar-refractivity contribution in [1.29, 1.82) is 5.26 Å². The fraction of sp³-hybridized carbons (Fsp3) is 0.429. The zero-order chi connectivity index (χ0) is 26.7. The fourth-order valence-corrected chi connectivity index (χ4v) is 6.07. The number of hydrogen-bond acceptors (Lipinski definition) is 7. The minimum Gasteiger partial charge on any atom is -0.355 e. The summed E-state index contributed by atoms with van der Waals surface area (Å²) in [5, 5.41) is 9.86. The first-order chi connectivity index (χ1) is 17.8. The van der Waals surface area contributed by atoms with Crippen molar-refractivity contribution in [2.75, 3.05) is 37.6 Å². The molecule has 0 N–H and O–H groups in total. The number of nitriles is 1. The molecule has 7 nitrogen and oxygen atoms in total. The van der Waals surface area contributed by atoms with Gasteiger partial charge in [0.2, 0.25) is 0 Å². The maximum Gasteiger partial charge on any atom is 0.270 e. The lowest BCUT2D eigenvalue weighted by Gasteiger charge is -2.37. The predicted molar refractivity (Wildman–Crippen MR) is 155 cm³/mol. The quantitative estimate of drug-likeness (QED) is 0.387. The van der Waals surface area contributed by atoms with E-state index < -0.39 is 0 Å². The number of anilines is 1. The van der Waals surface area contributed by atoms with Crippen molar-refractivity contribution in [2.45, 2.75) is 47.2 Å². The van der Waals surface area contributed by atoms with Gasteiger partial charge >= 0.3 is 0 Å². The van der Waals surface area contributed by atoms with Crippen molar-refractivity contribution in [3.63, 3.8) is 0 Å². The van der Waals surface area contributed by atoms with Crippen LogP contribution in [0.15, 0.2) is 34.0 Å². The Kier molecular flexibility index (Phi) is 8.53. The standard InChI is InChI=1S/C28H33N5O2S2/c1-5-11-32-25(31-14-12-30(6-2)13-15-31)22(20(4)23(17-29)26(32)34)16-24-27(35)33(28(36)37-24)18-21-9-7-19(3)8-10-21/h7-10,16H,5-6,11-15,18H2,1-4H3/b24-16+. The van der Waals surface area contributed by atoms with Crippen LogP contribution in [0.4, 0.5) is 5.82 Å². The molecule has 2 aromatic rings. The molecular weight excluding hydrogens is 502 g/mol. The van der Waals surface area contributed by atoms with Gasteiger partial charge in [-0.2, -0.15) is 5.26 Å². The highest BCUT2D eigenvalue weighted by molar-refractivity contribution is 8.26. The number of piperazine rings is 1. The summed E-state index contributed by atoms with van der Waals surface area (Å²) in [6.45, 7) is 13.3. The zero-order valence-corrected chi connectivity index (χ0v) is 23.5. The number of nitrogens with zero attached hydrogens (tertiary/aromatic N) is 5. The summed E-state index contributed by atoms with van der Waals surface area (Å²) < 4.78 is 2.24. The van der Waals surface area contributed by atoms with Gasteiger partial charge in [0.1, 0.15) is 21.8 Å². The highest BCUT2D eigenvalue weighted by atomic mass is 32.2. The number of hydrogen-bond donors (Lipinski definition) is 0. The Morgan fingerprint density at radius 3 is 2.35 bits per heavy atom. The van der Waals surface area contributed by atoms with Crippen molar-refractivity contribution >= 4 is 46.1 Å². The van der Waals surface area contributed by atoms with Crippen molar-refractivity contribution in [3.05, 3.63) is 67.3 Å². The highest BCUT2D eigenvalue weighted by Gasteiger charge is 2.33. The minimum atomic E-state index is -0.265. The third-order valence-corrected chi connectivity index (χ3v) is 8.40. The van der Waals surface area contributed by atoms with Crippen LogP contribution in [0.5, 0.6) is 0 Å². The van der Waals surface area contributed by atoms with E-state index in [0.717, 1.165) is 61.7 Å². The zero-order valence-electron chi connectivity index (χ0n) is 21.9. The lowest BCUT2D eigenvalue weighted by atomic mass is 10.0. The van der Waals surface area contributed by atoms with E-state index in [2.05, 4.69) is 22.8 Å². The molecule has 0 aliphatic carbocycles. The molecule has 2 saturated heterocycles. The molecule has 2 fully saturated rings. The first-order valence-corrected chi connectivity index (χ1v) is 14.0. The second-order valence-electron chi connectivity index (χ2n) is 9.48. The maximum atomic E-state index is 13.5. The number of rotatable bonds is 7. The average molecular weight is 536 g/mol. The molecule has 0 atom stereocenters. The van der Waals surface area contributed by atoms with Gasteiger partial charge in [-0.1, -0.05) is 67.7 Å². The monoisotopic (exact) mass is 535 g/mol. The molecule has 0 bridgehead atoms. The van der Waals surface area contributed by atoms with Crippen molar-refractivity contribution in [1.82, 2.24) is 14.4 Å². The second-order valence-corrected chi connectivity index (χ2v) is 11.2. The normalized spacial score (nSPS) is 17.6. The second kappa shape index (κ2) is 11.6. The molecule has 0 unspecified atom stereocenters. The Labute approximate surface area is 228 Å². The van der Waals surface area contributed by atoms with Gasteiger partial charge in [0.05, 0.1) is 11.4 Å². The molecule has 0 saturated carbocycles. The van der Waals surface area contributed by atoms with Gasteiger partial charge in [-0.25, -0.2) is 0 Å². The number of pyridine rings is 1. The largest absolute Gasteiger partial charge is 0.355 e. The molecule has 0 spiro atoms. The summed E-state index contributed by atoms with van der Waals surface area (Å²) in [4.78, 5) is 33.6.